The van der Waals surface area contributed by atoms with E-state index < -0.39 is 0 Å². The molecule has 2 aromatic rings. The predicted molar refractivity (Wildman–Crippen MR) is 103 cm³/mol. The average Bonchev–Trinajstić information content (AvgIpc) is 2.93. The molecule has 0 unspecified atom stereocenters. The first-order chi connectivity index (χ1) is 12.5. The largest absolute Gasteiger partial charge is 0.378 e. The van der Waals surface area contributed by atoms with Crippen LogP contribution in [-0.2, 0) is 9.68 Å². The van der Waals surface area contributed by atoms with Crippen LogP contribution in [0.2, 0.25) is 0 Å². The molecule has 134 valence electrons. The number of hydrogen-bond acceptors (Lipinski definition) is 5. The number of aryl methyl sites for hydroxylation is 1. The second-order valence-corrected chi connectivity index (χ2v) is 6.32. The smallest absolute Gasteiger partial charge is 0.280 e. The third-order valence-corrected chi connectivity index (χ3v) is 4.15. The Morgan fingerprint density at radius 1 is 1.12 bits per heavy atom. The van der Waals surface area contributed by atoms with E-state index in [1.807, 2.05) is 74.4 Å². The molecule has 2 aromatic carbocycles. The summed E-state index contributed by atoms with van der Waals surface area (Å²) in [4.78, 5) is 19.1. The van der Waals surface area contributed by atoms with Gasteiger partial charge in [-0.25, -0.2) is 4.89 Å². The number of nitrogens with zero attached hydrogens (tertiary/aromatic N) is 3. The molecule has 0 fully saturated rings. The fraction of sp³-hybridized carbons (Fsp3) is 0.200. The number of benzene rings is 2. The van der Waals surface area contributed by atoms with Crippen LogP contribution in [0.1, 0.15) is 11.1 Å². The maximum Gasteiger partial charge on any atom is 0.280 e. The van der Waals surface area contributed by atoms with Crippen molar-refractivity contribution in [2.45, 2.75) is 6.92 Å². The van der Waals surface area contributed by atoms with Gasteiger partial charge in [0, 0.05) is 19.8 Å². The number of hydrogen-bond donors (Lipinski definition) is 1. The summed E-state index contributed by atoms with van der Waals surface area (Å²) in [6, 6.07) is 15.3. The van der Waals surface area contributed by atoms with Crippen LogP contribution in [0.3, 0.4) is 0 Å². The Balaban J connectivity index is 1.93. The van der Waals surface area contributed by atoms with Gasteiger partial charge in [-0.1, -0.05) is 29.8 Å². The second kappa shape index (κ2) is 7.51. The number of hydrazone groups is 1. The molecule has 0 atom stereocenters. The van der Waals surface area contributed by atoms with Crippen LogP contribution in [-0.4, -0.2) is 37.6 Å². The molecule has 0 bridgehead atoms. The maximum absolute atomic E-state index is 12.9. The van der Waals surface area contributed by atoms with Gasteiger partial charge in [0.05, 0.1) is 11.3 Å². The fourth-order valence-electron chi connectivity index (χ4n) is 2.67. The van der Waals surface area contributed by atoms with Crippen molar-refractivity contribution >= 4 is 29.1 Å². The number of anilines is 2. The zero-order valence-corrected chi connectivity index (χ0v) is 15.0. The molecular formula is C20H21N3O3. The summed E-state index contributed by atoms with van der Waals surface area (Å²) < 4.78 is 0. The highest BCUT2D eigenvalue weighted by molar-refractivity contribution is 6.33. The SMILES string of the molecule is Cc1ccc(N2N=C(COO)/C(=C/c3ccc(N(C)C)cc3)C2=O)cc1. The molecule has 0 aromatic heterocycles. The van der Waals surface area contributed by atoms with Crippen LogP contribution in [0.5, 0.6) is 0 Å². The van der Waals surface area contributed by atoms with E-state index in [2.05, 4.69) is 9.99 Å². The zero-order chi connectivity index (χ0) is 18.7. The lowest BCUT2D eigenvalue weighted by molar-refractivity contribution is -0.227. The average molecular weight is 351 g/mol. The Labute approximate surface area is 152 Å². The summed E-state index contributed by atoms with van der Waals surface area (Å²) in [5, 5.41) is 14.5. The van der Waals surface area contributed by atoms with Crippen LogP contribution in [0.25, 0.3) is 6.08 Å². The Hall–Kier alpha value is -2.96. The van der Waals surface area contributed by atoms with E-state index >= 15 is 0 Å². The monoisotopic (exact) mass is 351 g/mol. The quantitative estimate of drug-likeness (QED) is 0.510. The molecule has 1 aliphatic heterocycles. The van der Waals surface area contributed by atoms with Gasteiger partial charge in [0.15, 0.2) is 0 Å². The van der Waals surface area contributed by atoms with Crippen LogP contribution >= 0.6 is 0 Å². The predicted octanol–water partition coefficient (Wildman–Crippen LogP) is 3.34. The minimum atomic E-state index is -0.252. The molecule has 1 heterocycles. The molecule has 6 heteroatoms. The van der Waals surface area contributed by atoms with Gasteiger partial charge in [0.25, 0.3) is 5.91 Å². The first kappa shape index (κ1) is 17.8. The minimum Gasteiger partial charge on any atom is -0.378 e. The first-order valence-electron chi connectivity index (χ1n) is 8.24. The second-order valence-electron chi connectivity index (χ2n) is 6.32. The molecule has 1 N–H and O–H groups in total. The molecular weight excluding hydrogens is 330 g/mol. The number of amides is 1. The van der Waals surface area contributed by atoms with E-state index in [0.717, 1.165) is 16.8 Å². The van der Waals surface area contributed by atoms with E-state index in [-0.39, 0.29) is 12.5 Å². The number of carbonyl (C=O) groups is 1. The molecule has 0 aliphatic carbocycles. The zero-order valence-electron chi connectivity index (χ0n) is 15.0. The van der Waals surface area contributed by atoms with Gasteiger partial charge in [0.2, 0.25) is 0 Å². The van der Waals surface area contributed by atoms with Gasteiger partial charge in [-0.05, 0) is 42.8 Å². The van der Waals surface area contributed by atoms with Crippen molar-refractivity contribution in [2.75, 3.05) is 30.6 Å². The van der Waals surface area contributed by atoms with E-state index in [1.54, 1.807) is 6.08 Å². The summed E-state index contributed by atoms with van der Waals surface area (Å²) in [7, 11) is 3.94. The Kier molecular flexibility index (Phi) is 5.16. The summed E-state index contributed by atoms with van der Waals surface area (Å²) >= 11 is 0. The van der Waals surface area contributed by atoms with Gasteiger partial charge < -0.3 is 4.90 Å². The first-order valence-corrected chi connectivity index (χ1v) is 8.24. The van der Waals surface area contributed by atoms with Crippen molar-refractivity contribution in [2.24, 2.45) is 5.10 Å². The van der Waals surface area contributed by atoms with Gasteiger partial charge in [-0.3, -0.25) is 10.1 Å². The highest BCUT2D eigenvalue weighted by Gasteiger charge is 2.31. The van der Waals surface area contributed by atoms with Crippen molar-refractivity contribution < 1.29 is 14.9 Å². The molecule has 0 saturated heterocycles. The Morgan fingerprint density at radius 3 is 2.35 bits per heavy atom. The molecule has 6 nitrogen and oxygen atoms in total. The van der Waals surface area contributed by atoms with Crippen molar-refractivity contribution in [1.29, 1.82) is 0 Å². The van der Waals surface area contributed by atoms with E-state index in [1.165, 1.54) is 5.01 Å². The molecule has 0 saturated carbocycles. The highest BCUT2D eigenvalue weighted by Crippen LogP contribution is 2.26. The van der Waals surface area contributed by atoms with Crippen LogP contribution in [0.15, 0.2) is 59.2 Å². The van der Waals surface area contributed by atoms with Crippen molar-refractivity contribution in [3.05, 3.63) is 65.2 Å². The van der Waals surface area contributed by atoms with Crippen molar-refractivity contribution in [3.63, 3.8) is 0 Å². The number of rotatable bonds is 5. The van der Waals surface area contributed by atoms with E-state index in [4.69, 9.17) is 5.26 Å². The normalized spacial score (nSPS) is 15.5. The Bertz CT molecular complexity index is 853. The number of carbonyl (C=O) groups excluding carboxylic acids is 1. The fourth-order valence-corrected chi connectivity index (χ4v) is 2.67. The van der Waals surface area contributed by atoms with Gasteiger partial charge in [-0.2, -0.15) is 10.1 Å². The molecule has 1 amide bonds. The molecule has 0 radical (unpaired) electrons. The summed E-state index contributed by atoms with van der Waals surface area (Å²) in [5.74, 6) is -0.252. The lowest BCUT2D eigenvalue weighted by Gasteiger charge is -2.12. The third-order valence-electron chi connectivity index (χ3n) is 4.15. The molecule has 26 heavy (non-hydrogen) atoms. The van der Waals surface area contributed by atoms with E-state index in [9.17, 15) is 4.79 Å². The summed E-state index contributed by atoms with van der Waals surface area (Å²) in [6.45, 7) is 1.82. The molecule has 3 rings (SSSR count). The Morgan fingerprint density at radius 2 is 1.77 bits per heavy atom. The van der Waals surface area contributed by atoms with Crippen LogP contribution < -0.4 is 9.91 Å². The van der Waals surface area contributed by atoms with Gasteiger partial charge in [-0.15, -0.1) is 0 Å². The highest BCUT2D eigenvalue weighted by atomic mass is 17.1. The lowest BCUT2D eigenvalue weighted by Crippen LogP contribution is -2.21. The standard InChI is InChI=1S/C20H21N3O3/c1-14-4-8-17(9-5-14)23-20(24)18(19(21-23)13-26-25)12-15-6-10-16(11-7-15)22(2)3/h4-12,25H,13H2,1-3H3/b18-12-. The van der Waals surface area contributed by atoms with Gasteiger partial charge in [0.1, 0.15) is 12.3 Å². The maximum atomic E-state index is 12.9. The summed E-state index contributed by atoms with van der Waals surface area (Å²) in [6.07, 6.45) is 1.76. The van der Waals surface area contributed by atoms with Crippen LogP contribution in [0.4, 0.5) is 11.4 Å². The third kappa shape index (κ3) is 3.66. The topological polar surface area (TPSA) is 65.4 Å². The summed E-state index contributed by atoms with van der Waals surface area (Å²) in [5.41, 5.74) is 4.49. The van der Waals surface area contributed by atoms with Gasteiger partial charge >= 0.3 is 0 Å². The van der Waals surface area contributed by atoms with Crippen molar-refractivity contribution in [3.8, 4) is 0 Å². The van der Waals surface area contributed by atoms with Crippen molar-refractivity contribution in [1.82, 2.24) is 0 Å². The molecule has 0 spiro atoms. The van der Waals surface area contributed by atoms with E-state index in [0.29, 0.717) is 17.0 Å². The lowest BCUT2D eigenvalue weighted by atomic mass is 10.1. The molecule has 1 aliphatic rings. The van der Waals surface area contributed by atoms with Crippen LogP contribution in [0, 0.1) is 6.92 Å². The minimum absolute atomic E-state index is 0.157.